The molecule has 1 aromatic carbocycles. The third-order valence-corrected chi connectivity index (χ3v) is 4.21. The number of rotatable bonds is 4. The zero-order valence-electron chi connectivity index (χ0n) is 10.3. The Morgan fingerprint density at radius 3 is 2.40 bits per heavy atom. The van der Waals surface area contributed by atoms with Crippen molar-refractivity contribution in [2.24, 2.45) is 0 Å². The Bertz CT molecular complexity index is 749. The number of furan rings is 1. The number of aryl methyl sites for hydroxylation is 1. The van der Waals surface area contributed by atoms with Crippen LogP contribution in [0.2, 0.25) is 5.02 Å². The number of hydrogen-bond donors (Lipinski definition) is 2. The zero-order valence-corrected chi connectivity index (χ0v) is 11.8. The van der Waals surface area contributed by atoms with Gasteiger partial charge in [-0.1, -0.05) is 11.6 Å². The summed E-state index contributed by atoms with van der Waals surface area (Å²) >= 11 is 5.71. The van der Waals surface area contributed by atoms with E-state index in [1.54, 1.807) is 0 Å². The van der Waals surface area contributed by atoms with Gasteiger partial charge < -0.3 is 9.52 Å². The van der Waals surface area contributed by atoms with Gasteiger partial charge in [0.2, 0.25) is 5.76 Å². The monoisotopic (exact) mass is 315 g/mol. The van der Waals surface area contributed by atoms with Gasteiger partial charge in [0.25, 0.3) is 10.0 Å². The van der Waals surface area contributed by atoms with Crippen molar-refractivity contribution in [3.05, 3.63) is 46.9 Å². The third-order valence-electron chi connectivity index (χ3n) is 2.47. The van der Waals surface area contributed by atoms with Gasteiger partial charge in [0, 0.05) is 16.8 Å². The topological polar surface area (TPSA) is 96.6 Å². The number of benzene rings is 1. The second kappa shape index (κ2) is 5.18. The van der Waals surface area contributed by atoms with Crippen LogP contribution in [0.5, 0.6) is 0 Å². The van der Waals surface area contributed by atoms with Gasteiger partial charge >= 0.3 is 5.97 Å². The Morgan fingerprint density at radius 2 is 1.90 bits per heavy atom. The quantitative estimate of drug-likeness (QED) is 0.904. The summed E-state index contributed by atoms with van der Waals surface area (Å²) in [6.07, 6.45) is 0. The summed E-state index contributed by atoms with van der Waals surface area (Å²) in [5, 5.41) is 9.26. The highest BCUT2D eigenvalue weighted by atomic mass is 35.5. The van der Waals surface area contributed by atoms with Crippen molar-refractivity contribution >= 4 is 33.3 Å². The molecule has 8 heteroatoms. The van der Waals surface area contributed by atoms with E-state index in [9.17, 15) is 13.2 Å². The molecule has 1 heterocycles. The highest BCUT2D eigenvalue weighted by molar-refractivity contribution is 7.92. The van der Waals surface area contributed by atoms with Crippen molar-refractivity contribution in [1.29, 1.82) is 0 Å². The Labute approximate surface area is 120 Å². The van der Waals surface area contributed by atoms with Crippen LogP contribution in [-0.4, -0.2) is 19.5 Å². The van der Waals surface area contributed by atoms with E-state index in [4.69, 9.17) is 21.1 Å². The first kappa shape index (κ1) is 14.4. The fourth-order valence-corrected chi connectivity index (χ4v) is 2.93. The van der Waals surface area contributed by atoms with Crippen LogP contribution in [0.15, 0.2) is 39.6 Å². The summed E-state index contributed by atoms with van der Waals surface area (Å²) in [4.78, 5) is 10.5. The fourth-order valence-electron chi connectivity index (χ4n) is 1.57. The maximum atomic E-state index is 12.1. The SMILES string of the molecule is Cc1oc(C(=O)O)cc1S(=O)(=O)Nc1ccc(Cl)cc1. The summed E-state index contributed by atoms with van der Waals surface area (Å²) in [6.45, 7) is 1.38. The van der Waals surface area contributed by atoms with Crippen LogP contribution in [0.4, 0.5) is 5.69 Å². The molecule has 2 aromatic rings. The molecule has 1 aromatic heterocycles. The number of anilines is 1. The van der Waals surface area contributed by atoms with Gasteiger partial charge in [-0.3, -0.25) is 4.72 Å². The van der Waals surface area contributed by atoms with Crippen LogP contribution in [0, 0.1) is 6.92 Å². The molecule has 0 unspecified atom stereocenters. The predicted molar refractivity (Wildman–Crippen MR) is 72.7 cm³/mol. The summed E-state index contributed by atoms with van der Waals surface area (Å²) in [5.74, 6) is -1.76. The number of halogens is 1. The highest BCUT2D eigenvalue weighted by Gasteiger charge is 2.23. The van der Waals surface area contributed by atoms with Crippen molar-refractivity contribution in [3.8, 4) is 0 Å². The molecule has 2 rings (SSSR count). The number of hydrogen-bond acceptors (Lipinski definition) is 4. The smallest absolute Gasteiger partial charge is 0.371 e. The lowest BCUT2D eigenvalue weighted by Gasteiger charge is -2.06. The Morgan fingerprint density at radius 1 is 1.30 bits per heavy atom. The number of aromatic carboxylic acids is 1. The molecular weight excluding hydrogens is 306 g/mol. The maximum absolute atomic E-state index is 12.1. The second-order valence-corrected chi connectivity index (χ2v) is 6.04. The van der Waals surface area contributed by atoms with Crippen LogP contribution in [0.1, 0.15) is 16.3 Å². The lowest BCUT2D eigenvalue weighted by molar-refractivity contribution is 0.0661. The maximum Gasteiger partial charge on any atom is 0.371 e. The van der Waals surface area contributed by atoms with E-state index in [0.717, 1.165) is 6.07 Å². The lowest BCUT2D eigenvalue weighted by Crippen LogP contribution is -2.13. The first-order chi connectivity index (χ1) is 9.29. The number of carboxylic acids is 1. The number of carbonyl (C=O) groups is 1. The first-order valence-corrected chi connectivity index (χ1v) is 7.28. The van der Waals surface area contributed by atoms with Crippen LogP contribution >= 0.6 is 11.6 Å². The lowest BCUT2D eigenvalue weighted by atomic mass is 10.3. The predicted octanol–water partition coefficient (Wildman–Crippen LogP) is 2.74. The molecule has 20 heavy (non-hydrogen) atoms. The molecule has 0 saturated carbocycles. The van der Waals surface area contributed by atoms with Crippen molar-refractivity contribution < 1.29 is 22.7 Å². The van der Waals surface area contributed by atoms with Crippen molar-refractivity contribution in [1.82, 2.24) is 0 Å². The minimum Gasteiger partial charge on any atom is -0.475 e. The molecule has 0 atom stereocenters. The molecule has 106 valence electrons. The summed E-state index contributed by atoms with van der Waals surface area (Å²) in [5.41, 5.74) is 0.312. The van der Waals surface area contributed by atoms with E-state index >= 15 is 0 Å². The molecular formula is C12H10ClNO5S. The minimum atomic E-state index is -3.92. The summed E-state index contributed by atoms with van der Waals surface area (Å²) in [7, 11) is -3.92. The Kier molecular flexibility index (Phi) is 3.74. The van der Waals surface area contributed by atoms with Crippen molar-refractivity contribution in [2.75, 3.05) is 4.72 Å². The Balaban J connectivity index is 2.35. The van der Waals surface area contributed by atoms with Gasteiger partial charge in [-0.15, -0.1) is 0 Å². The Hall–Kier alpha value is -1.99. The second-order valence-electron chi connectivity index (χ2n) is 3.95. The van der Waals surface area contributed by atoms with Gasteiger partial charge in [0.15, 0.2) is 0 Å². The van der Waals surface area contributed by atoms with E-state index in [1.807, 2.05) is 0 Å². The molecule has 0 spiro atoms. The number of carboxylic acid groups (broad SMARTS) is 1. The average Bonchev–Trinajstić information content (AvgIpc) is 2.75. The van der Waals surface area contributed by atoms with Crippen molar-refractivity contribution in [2.45, 2.75) is 11.8 Å². The fraction of sp³-hybridized carbons (Fsp3) is 0.0833. The molecule has 0 amide bonds. The van der Waals surface area contributed by atoms with Crippen LogP contribution in [0.25, 0.3) is 0 Å². The average molecular weight is 316 g/mol. The van der Waals surface area contributed by atoms with E-state index in [2.05, 4.69) is 4.72 Å². The first-order valence-electron chi connectivity index (χ1n) is 5.42. The number of nitrogens with one attached hydrogen (secondary N) is 1. The molecule has 0 aliphatic heterocycles. The highest BCUT2D eigenvalue weighted by Crippen LogP contribution is 2.23. The molecule has 0 aliphatic rings. The number of sulfonamides is 1. The summed E-state index contributed by atoms with van der Waals surface area (Å²) < 4.78 is 31.5. The van der Waals surface area contributed by atoms with E-state index < -0.39 is 21.8 Å². The zero-order chi connectivity index (χ0) is 14.9. The molecule has 0 saturated heterocycles. The van der Waals surface area contributed by atoms with Crippen LogP contribution in [-0.2, 0) is 10.0 Å². The molecule has 2 N–H and O–H groups in total. The molecule has 0 aliphatic carbocycles. The van der Waals surface area contributed by atoms with Gasteiger partial charge in [-0.05, 0) is 31.2 Å². The van der Waals surface area contributed by atoms with Crippen molar-refractivity contribution in [3.63, 3.8) is 0 Å². The molecule has 0 bridgehead atoms. The summed E-state index contributed by atoms with van der Waals surface area (Å²) in [6, 6.07) is 7.02. The van der Waals surface area contributed by atoms with E-state index in [0.29, 0.717) is 10.7 Å². The third kappa shape index (κ3) is 2.94. The molecule has 0 fully saturated rings. The van der Waals surface area contributed by atoms with Gasteiger partial charge in [-0.2, -0.15) is 0 Å². The largest absolute Gasteiger partial charge is 0.475 e. The molecule has 0 radical (unpaired) electrons. The van der Waals surface area contributed by atoms with E-state index in [-0.39, 0.29) is 10.7 Å². The van der Waals surface area contributed by atoms with Gasteiger partial charge in [0.1, 0.15) is 10.7 Å². The normalized spacial score (nSPS) is 11.3. The minimum absolute atomic E-state index is 0.00358. The van der Waals surface area contributed by atoms with Crippen LogP contribution < -0.4 is 4.72 Å². The van der Waals surface area contributed by atoms with E-state index in [1.165, 1.54) is 31.2 Å². The van der Waals surface area contributed by atoms with Gasteiger partial charge in [-0.25, -0.2) is 13.2 Å². The van der Waals surface area contributed by atoms with Gasteiger partial charge in [0.05, 0.1) is 0 Å². The standard InChI is InChI=1S/C12H10ClNO5S/c1-7-11(6-10(19-7)12(15)16)20(17,18)14-9-4-2-8(13)3-5-9/h2-6,14H,1H3,(H,15,16). The molecule has 6 nitrogen and oxygen atoms in total. The van der Waals surface area contributed by atoms with Crippen LogP contribution in [0.3, 0.4) is 0 Å².